The van der Waals surface area contributed by atoms with Crippen LogP contribution in [0.2, 0.25) is 0 Å². The highest BCUT2D eigenvalue weighted by atomic mass is 16.5. The second-order valence-electron chi connectivity index (χ2n) is 5.71. The summed E-state index contributed by atoms with van der Waals surface area (Å²) < 4.78 is 5.06. The lowest BCUT2D eigenvalue weighted by atomic mass is 9.95. The van der Waals surface area contributed by atoms with Crippen molar-refractivity contribution < 1.29 is 9.32 Å². The lowest BCUT2D eigenvalue weighted by Crippen LogP contribution is -2.31. The van der Waals surface area contributed by atoms with Gasteiger partial charge in [0, 0.05) is 17.8 Å². The number of pyridine rings is 1. The van der Waals surface area contributed by atoms with Crippen molar-refractivity contribution in [2.24, 2.45) is 0 Å². The molecule has 2 N–H and O–H groups in total. The summed E-state index contributed by atoms with van der Waals surface area (Å²) in [6, 6.07) is 1.73. The van der Waals surface area contributed by atoms with E-state index in [2.05, 4.69) is 15.5 Å². The van der Waals surface area contributed by atoms with Crippen molar-refractivity contribution in [2.75, 3.05) is 0 Å². The Morgan fingerprint density at radius 2 is 2.14 bits per heavy atom. The summed E-state index contributed by atoms with van der Waals surface area (Å²) in [5.41, 5.74) is 3.50. The van der Waals surface area contributed by atoms with Crippen molar-refractivity contribution in [3.05, 3.63) is 50.3 Å². The summed E-state index contributed by atoms with van der Waals surface area (Å²) in [5, 5.41) is 6.62. The Hall–Kier alpha value is -2.37. The van der Waals surface area contributed by atoms with E-state index in [4.69, 9.17) is 4.52 Å². The number of fused-ring (bicyclic) bond motifs is 1. The molecule has 0 fully saturated rings. The molecule has 0 spiro atoms. The van der Waals surface area contributed by atoms with Crippen LogP contribution in [0.4, 0.5) is 0 Å². The number of carbonyl (C=O) groups is 1. The highest BCUT2D eigenvalue weighted by Crippen LogP contribution is 2.18. The zero-order chi connectivity index (χ0) is 15.7. The molecule has 6 nitrogen and oxygen atoms in total. The molecule has 2 aromatic rings. The average Bonchev–Trinajstić information content (AvgIpc) is 2.83. The van der Waals surface area contributed by atoms with Crippen molar-refractivity contribution >= 4 is 5.91 Å². The molecular formula is C16H19N3O3. The van der Waals surface area contributed by atoms with E-state index < -0.39 is 0 Å². The van der Waals surface area contributed by atoms with Crippen molar-refractivity contribution in [1.82, 2.24) is 15.5 Å². The molecule has 0 radical (unpaired) electrons. The lowest BCUT2D eigenvalue weighted by molar-refractivity contribution is 0.0949. The number of hydrogen-bond donors (Lipinski definition) is 2. The number of H-pyrrole nitrogens is 1. The smallest absolute Gasteiger partial charge is 0.261 e. The maximum Gasteiger partial charge on any atom is 0.261 e. The largest absolute Gasteiger partial charge is 0.361 e. The van der Waals surface area contributed by atoms with Crippen molar-refractivity contribution in [1.29, 1.82) is 0 Å². The number of amides is 1. The van der Waals surface area contributed by atoms with Crippen LogP contribution in [0, 0.1) is 13.8 Å². The average molecular weight is 301 g/mol. The minimum atomic E-state index is -0.366. The Bertz CT molecular complexity index is 754. The summed E-state index contributed by atoms with van der Waals surface area (Å²) in [5.74, 6) is 0.312. The van der Waals surface area contributed by atoms with Crippen molar-refractivity contribution in [2.45, 2.75) is 46.1 Å². The summed E-state index contributed by atoms with van der Waals surface area (Å²) in [4.78, 5) is 27.2. The number of rotatable bonds is 3. The molecule has 0 saturated heterocycles. The monoisotopic (exact) mass is 301 g/mol. The van der Waals surface area contributed by atoms with Gasteiger partial charge in [0.15, 0.2) is 0 Å². The van der Waals surface area contributed by atoms with Crippen LogP contribution in [-0.2, 0) is 19.4 Å². The van der Waals surface area contributed by atoms with Gasteiger partial charge in [-0.15, -0.1) is 0 Å². The number of nitrogens with one attached hydrogen (secondary N) is 2. The minimum Gasteiger partial charge on any atom is -0.361 e. The van der Waals surface area contributed by atoms with Crippen LogP contribution < -0.4 is 10.9 Å². The molecule has 0 bridgehead atoms. The Labute approximate surface area is 127 Å². The van der Waals surface area contributed by atoms with Crippen LogP contribution in [-0.4, -0.2) is 16.0 Å². The van der Waals surface area contributed by atoms with E-state index in [1.807, 2.05) is 6.92 Å². The van der Waals surface area contributed by atoms with Crippen LogP contribution >= 0.6 is 0 Å². The number of aromatic amines is 1. The quantitative estimate of drug-likeness (QED) is 0.904. The standard InChI is InChI=1S/C16H19N3O3/c1-9-13(10(2)22-19-9)8-17-15(20)12-7-11-5-3-4-6-14(11)18-16(12)21/h7H,3-6,8H2,1-2H3,(H,17,20)(H,18,21). The van der Waals surface area contributed by atoms with E-state index in [0.717, 1.165) is 48.2 Å². The maximum atomic E-state index is 12.3. The molecule has 1 aliphatic carbocycles. The van der Waals surface area contributed by atoms with E-state index in [-0.39, 0.29) is 17.0 Å². The first-order valence-electron chi connectivity index (χ1n) is 7.51. The SMILES string of the molecule is Cc1noc(C)c1CNC(=O)c1cc2c([nH]c1=O)CCCC2. The topological polar surface area (TPSA) is 88.0 Å². The van der Waals surface area contributed by atoms with Gasteiger partial charge >= 0.3 is 0 Å². The molecular weight excluding hydrogens is 282 g/mol. The molecule has 0 aliphatic heterocycles. The van der Waals surface area contributed by atoms with E-state index in [1.54, 1.807) is 13.0 Å². The molecule has 1 aliphatic rings. The van der Waals surface area contributed by atoms with Crippen LogP contribution in [0.5, 0.6) is 0 Å². The Balaban J connectivity index is 1.79. The van der Waals surface area contributed by atoms with Gasteiger partial charge in [-0.05, 0) is 51.2 Å². The normalized spacial score (nSPS) is 13.7. The third kappa shape index (κ3) is 2.68. The van der Waals surface area contributed by atoms with Gasteiger partial charge < -0.3 is 14.8 Å². The molecule has 1 amide bonds. The van der Waals surface area contributed by atoms with E-state index >= 15 is 0 Å². The zero-order valence-electron chi connectivity index (χ0n) is 12.8. The third-order valence-corrected chi connectivity index (χ3v) is 4.19. The van der Waals surface area contributed by atoms with Gasteiger partial charge in [-0.1, -0.05) is 5.16 Å². The van der Waals surface area contributed by atoms with Gasteiger partial charge in [0.05, 0.1) is 5.69 Å². The predicted octanol–water partition coefficient (Wildman–Crippen LogP) is 1.79. The number of hydrogen-bond acceptors (Lipinski definition) is 4. The number of carbonyl (C=O) groups excluding carboxylic acids is 1. The molecule has 22 heavy (non-hydrogen) atoms. The number of nitrogens with zero attached hydrogens (tertiary/aromatic N) is 1. The van der Waals surface area contributed by atoms with E-state index in [9.17, 15) is 9.59 Å². The fraction of sp³-hybridized carbons (Fsp3) is 0.438. The highest BCUT2D eigenvalue weighted by molar-refractivity contribution is 5.94. The van der Waals surface area contributed by atoms with Gasteiger partial charge in [0.25, 0.3) is 11.5 Å². The van der Waals surface area contributed by atoms with Crippen LogP contribution in [0.15, 0.2) is 15.4 Å². The fourth-order valence-electron chi connectivity index (χ4n) is 2.86. The maximum absolute atomic E-state index is 12.3. The Morgan fingerprint density at radius 1 is 1.36 bits per heavy atom. The summed E-state index contributed by atoms with van der Waals surface area (Å²) >= 11 is 0. The molecule has 0 unspecified atom stereocenters. The summed E-state index contributed by atoms with van der Waals surface area (Å²) in [6.07, 6.45) is 3.97. The van der Waals surface area contributed by atoms with Crippen molar-refractivity contribution in [3.8, 4) is 0 Å². The molecule has 0 atom stereocenters. The van der Waals surface area contributed by atoms with Gasteiger partial charge in [-0.3, -0.25) is 9.59 Å². The van der Waals surface area contributed by atoms with E-state index in [1.165, 1.54) is 0 Å². The Kier molecular flexibility index (Phi) is 3.83. The molecule has 116 valence electrons. The summed E-state index contributed by atoms with van der Waals surface area (Å²) in [6.45, 7) is 3.92. The van der Waals surface area contributed by atoms with Crippen LogP contribution in [0.3, 0.4) is 0 Å². The Morgan fingerprint density at radius 3 is 2.86 bits per heavy atom. The highest BCUT2D eigenvalue weighted by Gasteiger charge is 2.18. The van der Waals surface area contributed by atoms with E-state index in [0.29, 0.717) is 12.3 Å². The molecule has 2 aromatic heterocycles. The van der Waals surface area contributed by atoms with Gasteiger partial charge in [-0.25, -0.2) is 0 Å². The summed E-state index contributed by atoms with van der Waals surface area (Å²) in [7, 11) is 0. The first-order valence-corrected chi connectivity index (χ1v) is 7.51. The lowest BCUT2D eigenvalue weighted by Gasteiger charge is -2.15. The predicted molar refractivity (Wildman–Crippen MR) is 80.9 cm³/mol. The first kappa shape index (κ1) is 14.6. The van der Waals surface area contributed by atoms with Gasteiger partial charge in [0.1, 0.15) is 11.3 Å². The van der Waals surface area contributed by atoms with Gasteiger partial charge in [-0.2, -0.15) is 0 Å². The number of aryl methyl sites for hydroxylation is 4. The van der Waals surface area contributed by atoms with Crippen LogP contribution in [0.25, 0.3) is 0 Å². The second kappa shape index (κ2) is 5.79. The fourth-order valence-corrected chi connectivity index (χ4v) is 2.86. The van der Waals surface area contributed by atoms with Crippen LogP contribution in [0.1, 0.15) is 51.5 Å². The van der Waals surface area contributed by atoms with Gasteiger partial charge in [0.2, 0.25) is 0 Å². The number of aromatic nitrogens is 2. The molecule has 0 saturated carbocycles. The second-order valence-corrected chi connectivity index (χ2v) is 5.71. The first-order chi connectivity index (χ1) is 10.6. The molecule has 6 heteroatoms. The zero-order valence-corrected chi connectivity index (χ0v) is 12.8. The molecule has 3 rings (SSSR count). The third-order valence-electron chi connectivity index (χ3n) is 4.19. The van der Waals surface area contributed by atoms with Crippen molar-refractivity contribution in [3.63, 3.8) is 0 Å². The minimum absolute atomic E-state index is 0.174. The molecule has 2 heterocycles. The molecule has 0 aromatic carbocycles.